The first-order valence-electron chi connectivity index (χ1n) is 31.6. The van der Waals surface area contributed by atoms with Crippen molar-refractivity contribution in [2.75, 3.05) is 28.2 Å². The fraction of sp³-hybridized carbons (Fsp3) is 0.486. The molecule has 4 aromatic heterocycles. The fourth-order valence-corrected chi connectivity index (χ4v) is 11.1. The van der Waals surface area contributed by atoms with Crippen LogP contribution in [0.1, 0.15) is 117 Å². The van der Waals surface area contributed by atoms with Gasteiger partial charge in [0.1, 0.15) is 24.2 Å². The number of likely N-dealkylation sites (N-methyl/N-ethyl adjacent to an activating group) is 4. The van der Waals surface area contributed by atoms with Crippen LogP contribution in [0, 0.1) is 23.7 Å². The minimum Gasteiger partial charge on any atom is -0.451 e. The van der Waals surface area contributed by atoms with Gasteiger partial charge in [0.15, 0.2) is 24.4 Å². The highest BCUT2D eigenvalue weighted by atomic mass is 16.6. The molecule has 6 aromatic rings. The Labute approximate surface area is 539 Å². The molecule has 492 valence electrons. The number of nitrogens with zero attached hydrogens (tertiary/aromatic N) is 10. The molecule has 5 heterocycles. The van der Waals surface area contributed by atoms with Crippen molar-refractivity contribution in [3.05, 3.63) is 145 Å². The molecule has 0 unspecified atom stereocenters. The number of hydrogen-bond acceptors (Lipinski definition) is 16. The van der Waals surface area contributed by atoms with Crippen molar-refractivity contribution >= 4 is 47.5 Å². The largest absolute Gasteiger partial charge is 0.451 e. The molecule has 0 aliphatic carbocycles. The van der Waals surface area contributed by atoms with Crippen LogP contribution in [0.4, 0.5) is 0 Å². The van der Waals surface area contributed by atoms with Gasteiger partial charge < -0.3 is 38.5 Å². The normalized spacial score (nSPS) is 21.7. The summed E-state index contributed by atoms with van der Waals surface area (Å²) in [4.78, 5) is 131. The number of ether oxygens (including phenoxy) is 4. The van der Waals surface area contributed by atoms with E-state index in [0.717, 1.165) is 53.0 Å². The summed E-state index contributed by atoms with van der Waals surface area (Å²) in [6.07, 6.45) is 8.06. The van der Waals surface area contributed by atoms with Crippen LogP contribution in [-0.4, -0.2) is 173 Å². The minimum atomic E-state index is -1.56. The lowest BCUT2D eigenvalue weighted by molar-refractivity contribution is -0.176. The van der Waals surface area contributed by atoms with Crippen molar-refractivity contribution in [3.63, 3.8) is 0 Å². The zero-order valence-electron chi connectivity index (χ0n) is 55.5. The second-order valence-corrected chi connectivity index (χ2v) is 25.8. The molecule has 22 nitrogen and oxygen atoms in total. The Hall–Kier alpha value is -9.08. The van der Waals surface area contributed by atoms with Gasteiger partial charge in [0, 0.05) is 89.3 Å². The number of carbonyl (C=O) groups is 8. The SMILES string of the molecule is CC(C)C[C@H]1C(=O)O[C@H](Cc2ccc(Cn3cc(-c4ccncc4)cn3)cc2)C(=O)N(C)[C@@H](CC(C)C)C(=O)O[C@H](C)C(=O)N(C)[C@@H](CC(C)C)C(=O)O[C@H](Cc2ccc(Cn3cc(-c4ccncc4)cn3)cc2)C(=O)N(C)[C@@H](CC(C)C)C(=O)O[C@H](C)C(=O)N1C. The summed E-state index contributed by atoms with van der Waals surface area (Å²) in [7, 11) is 5.57. The highest BCUT2D eigenvalue weighted by molar-refractivity contribution is 5.94. The monoisotopic (exact) mass is 1260 g/mol. The van der Waals surface area contributed by atoms with Gasteiger partial charge in [0.05, 0.1) is 25.5 Å². The molecule has 0 spiro atoms. The number of aromatic nitrogens is 6. The van der Waals surface area contributed by atoms with Crippen LogP contribution in [0.15, 0.2) is 122 Å². The van der Waals surface area contributed by atoms with Crippen LogP contribution in [0.2, 0.25) is 0 Å². The predicted molar refractivity (Wildman–Crippen MR) is 344 cm³/mol. The second kappa shape index (κ2) is 32.3. The van der Waals surface area contributed by atoms with Crippen LogP contribution < -0.4 is 0 Å². The van der Waals surface area contributed by atoms with Gasteiger partial charge in [-0.1, -0.05) is 104 Å². The zero-order valence-corrected chi connectivity index (χ0v) is 55.5. The maximum Gasteiger partial charge on any atom is 0.329 e. The second-order valence-electron chi connectivity index (χ2n) is 25.8. The van der Waals surface area contributed by atoms with Crippen LogP contribution in [-0.2, 0) is 83.2 Å². The molecule has 0 radical (unpaired) electrons. The lowest BCUT2D eigenvalue weighted by atomic mass is 9.99. The van der Waals surface area contributed by atoms with Gasteiger partial charge in [-0.3, -0.25) is 38.5 Å². The lowest BCUT2D eigenvalue weighted by Gasteiger charge is -2.35. The van der Waals surface area contributed by atoms with Crippen LogP contribution in [0.5, 0.6) is 0 Å². The number of rotatable bonds is 18. The summed E-state index contributed by atoms with van der Waals surface area (Å²) in [6, 6.07) is 17.1. The molecule has 0 bridgehead atoms. The molecule has 0 saturated carbocycles. The summed E-state index contributed by atoms with van der Waals surface area (Å²) in [5.41, 5.74) is 6.73. The molecule has 1 saturated heterocycles. The standard InChI is InChI=1S/C70H90N10O12/c1-43(2)31-57-67(85)89-47(9)63(81)75(11)60(34-46(7)8)70(88)92-62(36-50-17-21-52(22-18-50)40-80-42-56(38-74-80)54-25-29-72-30-26-54)66(84)78(14)58(32-44(3)4)68(86)90-48(10)64(82)76(12)59(33-45(5)6)69(87)91-61(65(83)77(57)13)35-49-15-19-51(20-16-49)39-79-41-55(37-73-79)53-23-27-71-28-24-53/h15-30,37-38,41-48,57-62H,31-36,39-40H2,1-14H3/t47-,48-,57+,58+,59+,60+,61-,62-/m1/s1. The van der Waals surface area contributed by atoms with Gasteiger partial charge in [-0.2, -0.15) is 10.2 Å². The maximum absolute atomic E-state index is 15.2. The van der Waals surface area contributed by atoms with Crippen LogP contribution >= 0.6 is 0 Å². The number of amides is 4. The van der Waals surface area contributed by atoms with E-state index in [1.54, 1.807) is 70.8 Å². The molecule has 4 amide bonds. The van der Waals surface area contributed by atoms with Gasteiger partial charge in [0.2, 0.25) is 0 Å². The highest BCUT2D eigenvalue weighted by Crippen LogP contribution is 2.26. The van der Waals surface area contributed by atoms with E-state index in [0.29, 0.717) is 24.2 Å². The van der Waals surface area contributed by atoms with Crippen molar-refractivity contribution in [2.24, 2.45) is 23.7 Å². The molecule has 22 heteroatoms. The molecule has 1 aliphatic heterocycles. The van der Waals surface area contributed by atoms with Gasteiger partial charge >= 0.3 is 23.9 Å². The summed E-state index contributed by atoms with van der Waals surface area (Å²) in [5, 5.41) is 9.08. The van der Waals surface area contributed by atoms with Crippen molar-refractivity contribution < 1.29 is 57.3 Å². The smallest absolute Gasteiger partial charge is 0.329 e. The molecule has 7 rings (SSSR count). The molecule has 2 aromatic carbocycles. The van der Waals surface area contributed by atoms with Crippen molar-refractivity contribution in [1.29, 1.82) is 0 Å². The number of pyridine rings is 2. The molecule has 92 heavy (non-hydrogen) atoms. The summed E-state index contributed by atoms with van der Waals surface area (Å²) in [5.74, 6) is -7.59. The Morgan fingerprint density at radius 2 is 0.641 bits per heavy atom. The number of hydrogen-bond donors (Lipinski definition) is 0. The summed E-state index contributed by atoms with van der Waals surface area (Å²) in [6.45, 7) is 18.4. The average Bonchev–Trinajstić information content (AvgIpc) is 1.18. The minimum absolute atomic E-state index is 0.0679. The van der Waals surface area contributed by atoms with E-state index in [9.17, 15) is 28.8 Å². The molecule has 1 aliphatic rings. The van der Waals surface area contributed by atoms with E-state index in [1.807, 2.05) is 116 Å². The predicted octanol–water partition coefficient (Wildman–Crippen LogP) is 8.28. The Bertz CT molecular complexity index is 3220. The summed E-state index contributed by atoms with van der Waals surface area (Å²) < 4.78 is 28.0. The van der Waals surface area contributed by atoms with Crippen molar-refractivity contribution in [3.8, 4) is 22.3 Å². The van der Waals surface area contributed by atoms with Gasteiger partial charge in [-0.05, 0) is 121 Å². The first kappa shape index (κ1) is 70.4. The summed E-state index contributed by atoms with van der Waals surface area (Å²) >= 11 is 0. The van der Waals surface area contributed by atoms with Crippen LogP contribution in [0.25, 0.3) is 22.3 Å². The van der Waals surface area contributed by atoms with Gasteiger partial charge in [0.25, 0.3) is 23.6 Å². The number of benzene rings is 2. The van der Waals surface area contributed by atoms with Gasteiger partial charge in [-0.15, -0.1) is 0 Å². The number of esters is 4. The zero-order chi connectivity index (χ0) is 67.1. The van der Waals surface area contributed by atoms with Crippen LogP contribution in [0.3, 0.4) is 0 Å². The number of cyclic esters (lactones) is 4. The first-order valence-corrected chi connectivity index (χ1v) is 31.6. The Morgan fingerprint density at radius 1 is 0.370 bits per heavy atom. The first-order chi connectivity index (χ1) is 43.7. The molecule has 8 atom stereocenters. The van der Waals surface area contributed by atoms with Crippen molar-refractivity contribution in [1.82, 2.24) is 49.1 Å². The van der Waals surface area contributed by atoms with E-state index >= 15 is 9.59 Å². The molecule has 0 N–H and O–H groups in total. The van der Waals surface area contributed by atoms with Crippen molar-refractivity contribution in [2.45, 2.75) is 169 Å². The highest BCUT2D eigenvalue weighted by Gasteiger charge is 2.43. The quantitative estimate of drug-likeness (QED) is 0.0580. The topological polar surface area (TPSA) is 248 Å². The van der Waals surface area contributed by atoms with E-state index in [2.05, 4.69) is 20.2 Å². The lowest BCUT2D eigenvalue weighted by Crippen LogP contribution is -2.55. The Balaban J connectivity index is 1.22. The van der Waals surface area contributed by atoms with Gasteiger partial charge in [-0.25, -0.2) is 19.2 Å². The third kappa shape index (κ3) is 19.0. The van der Waals surface area contributed by atoms with E-state index < -0.39 is 96.1 Å². The fourth-order valence-electron chi connectivity index (χ4n) is 11.1. The van der Waals surface area contributed by atoms with E-state index in [1.165, 1.54) is 42.0 Å². The molecule has 1 fully saturated rings. The third-order valence-electron chi connectivity index (χ3n) is 16.3. The maximum atomic E-state index is 15.2. The molecular formula is C70H90N10O12. The van der Waals surface area contributed by atoms with E-state index in [-0.39, 0.29) is 62.2 Å². The third-order valence-corrected chi connectivity index (χ3v) is 16.3. The average molecular weight is 1260 g/mol. The molecular weight excluding hydrogens is 1170 g/mol. The Morgan fingerprint density at radius 3 is 0.935 bits per heavy atom. The van der Waals surface area contributed by atoms with E-state index in [4.69, 9.17) is 18.9 Å². The Kier molecular flexibility index (Phi) is 24.7. The number of carbonyl (C=O) groups excluding carboxylic acids is 8.